The van der Waals surface area contributed by atoms with E-state index in [1.807, 2.05) is 25.7 Å². The Balaban J connectivity index is 1.75. The molecule has 0 unspecified atom stereocenters. The number of nitrogens with one attached hydrogen (secondary N) is 1. The van der Waals surface area contributed by atoms with Crippen LogP contribution in [-0.4, -0.2) is 47.1 Å². The number of fused-ring (bicyclic) bond motifs is 1. The smallest absolute Gasteiger partial charge is 0.251 e. The van der Waals surface area contributed by atoms with Gasteiger partial charge < -0.3 is 15.3 Å². The highest BCUT2D eigenvalue weighted by molar-refractivity contribution is 5.94. The first-order chi connectivity index (χ1) is 15.7. The summed E-state index contributed by atoms with van der Waals surface area (Å²) >= 11 is 0. The average Bonchev–Trinajstić information content (AvgIpc) is 2.81. The molecular formula is C27H39N3O3. The van der Waals surface area contributed by atoms with E-state index in [2.05, 4.69) is 25.2 Å². The van der Waals surface area contributed by atoms with Gasteiger partial charge in [0.15, 0.2) is 0 Å². The molecule has 0 radical (unpaired) electrons. The minimum absolute atomic E-state index is 0.0168. The zero-order chi connectivity index (χ0) is 24.3. The van der Waals surface area contributed by atoms with Crippen LogP contribution in [0.5, 0.6) is 0 Å². The van der Waals surface area contributed by atoms with Crippen LogP contribution < -0.4 is 5.32 Å². The van der Waals surface area contributed by atoms with Gasteiger partial charge in [-0.05, 0) is 87.0 Å². The normalized spacial score (nSPS) is 32.2. The number of rotatable bonds is 6. The van der Waals surface area contributed by atoms with Crippen molar-refractivity contribution in [3.05, 3.63) is 35.4 Å². The molecule has 0 bridgehead atoms. The van der Waals surface area contributed by atoms with Gasteiger partial charge in [0.1, 0.15) is 0 Å². The van der Waals surface area contributed by atoms with Gasteiger partial charge in [-0.1, -0.05) is 20.8 Å². The highest BCUT2D eigenvalue weighted by Gasteiger charge is 2.54. The molecule has 2 fully saturated rings. The van der Waals surface area contributed by atoms with Gasteiger partial charge in [0.25, 0.3) is 5.91 Å². The molecule has 0 heterocycles. The molecule has 2 amide bonds. The highest BCUT2D eigenvalue weighted by atomic mass is 16.3. The summed E-state index contributed by atoms with van der Waals surface area (Å²) in [5.41, 5.74) is 1.08. The van der Waals surface area contributed by atoms with Crippen LogP contribution in [0.25, 0.3) is 0 Å². The Morgan fingerprint density at radius 1 is 1.21 bits per heavy atom. The molecule has 6 heteroatoms. The Hall–Kier alpha value is -2.39. The lowest BCUT2D eigenvalue weighted by atomic mass is 9.51. The van der Waals surface area contributed by atoms with Crippen molar-refractivity contribution in [2.45, 2.75) is 72.4 Å². The van der Waals surface area contributed by atoms with Crippen molar-refractivity contribution < 1.29 is 14.7 Å². The van der Waals surface area contributed by atoms with Crippen molar-refractivity contribution in [1.82, 2.24) is 10.2 Å². The number of nitriles is 1. The summed E-state index contributed by atoms with van der Waals surface area (Å²) in [6.07, 6.45) is 3.11. The second kappa shape index (κ2) is 10.3. The Labute approximate surface area is 198 Å². The second-order valence-electron chi connectivity index (χ2n) is 10.3. The van der Waals surface area contributed by atoms with Gasteiger partial charge >= 0.3 is 0 Å². The van der Waals surface area contributed by atoms with Crippen LogP contribution in [0, 0.1) is 40.4 Å². The molecule has 0 aliphatic heterocycles. The number of amides is 2. The summed E-state index contributed by atoms with van der Waals surface area (Å²) in [5, 5.41) is 23.7. The number of nitrogens with zero attached hydrogens (tertiary/aromatic N) is 2. The largest absolute Gasteiger partial charge is 0.392 e. The number of carbonyl (C=O) groups excluding carboxylic acids is 2. The van der Waals surface area contributed by atoms with Gasteiger partial charge in [-0.2, -0.15) is 5.26 Å². The van der Waals surface area contributed by atoms with Crippen molar-refractivity contribution in [1.29, 1.82) is 5.26 Å². The molecule has 1 aromatic carbocycles. The number of benzene rings is 1. The SMILES string of the molecule is CCN(CC)C(=O)[C@@H](C)[C@H]1CC[C@]2(C)CC[C@H](NC(=O)c3ccc(C#N)cc3)[C@@H](C)[C@@H]2[C@H]1O. The van der Waals surface area contributed by atoms with E-state index < -0.39 is 6.10 Å². The van der Waals surface area contributed by atoms with Gasteiger partial charge in [-0.15, -0.1) is 0 Å². The van der Waals surface area contributed by atoms with Crippen molar-refractivity contribution in [2.75, 3.05) is 13.1 Å². The summed E-state index contributed by atoms with van der Waals surface area (Å²) in [5.74, 6) is -0.173. The van der Waals surface area contributed by atoms with E-state index in [0.717, 1.165) is 25.7 Å². The topological polar surface area (TPSA) is 93.4 Å². The lowest BCUT2D eigenvalue weighted by Crippen LogP contribution is -2.58. The summed E-state index contributed by atoms with van der Waals surface area (Å²) in [6, 6.07) is 8.70. The Kier molecular flexibility index (Phi) is 7.84. The maximum atomic E-state index is 13.0. The summed E-state index contributed by atoms with van der Waals surface area (Å²) in [7, 11) is 0. The molecular weight excluding hydrogens is 414 g/mol. The molecule has 180 valence electrons. The van der Waals surface area contributed by atoms with Crippen LogP contribution in [0.4, 0.5) is 0 Å². The number of aliphatic hydroxyl groups excluding tert-OH is 1. The van der Waals surface area contributed by atoms with Crippen LogP contribution in [-0.2, 0) is 4.79 Å². The average molecular weight is 454 g/mol. The Bertz CT molecular complexity index is 889. The third-order valence-electron chi connectivity index (χ3n) is 8.59. The summed E-state index contributed by atoms with van der Waals surface area (Å²) < 4.78 is 0. The van der Waals surface area contributed by atoms with Gasteiger partial charge in [0.05, 0.1) is 17.7 Å². The van der Waals surface area contributed by atoms with E-state index >= 15 is 0 Å². The zero-order valence-electron chi connectivity index (χ0n) is 20.7. The lowest BCUT2D eigenvalue weighted by Gasteiger charge is -2.56. The molecule has 6 nitrogen and oxygen atoms in total. The highest BCUT2D eigenvalue weighted by Crippen LogP contribution is 2.55. The fourth-order valence-corrected chi connectivity index (χ4v) is 6.45. The van der Waals surface area contributed by atoms with Crippen LogP contribution in [0.1, 0.15) is 76.2 Å². The third kappa shape index (κ3) is 4.94. The number of hydrogen-bond donors (Lipinski definition) is 2. The summed E-state index contributed by atoms with van der Waals surface area (Å²) in [6.45, 7) is 11.7. The quantitative estimate of drug-likeness (QED) is 0.681. The van der Waals surface area contributed by atoms with Crippen molar-refractivity contribution >= 4 is 11.8 Å². The standard InChI is InChI=1S/C27H39N3O3/c1-6-30(7-2)26(33)17(3)21-12-14-27(5)15-13-22(18(4)23(27)24(21)31)29-25(32)20-10-8-19(16-28)9-11-20/h8-11,17-18,21-24,31H,6-7,12-15H2,1-5H3,(H,29,32)/t17-,18+,21+,22-,23+,24-,27+/m0/s1. The minimum atomic E-state index is -0.567. The maximum absolute atomic E-state index is 13.0. The van der Waals surface area contributed by atoms with E-state index in [-0.39, 0.29) is 46.9 Å². The van der Waals surface area contributed by atoms with E-state index in [1.54, 1.807) is 24.3 Å². The number of hydrogen-bond acceptors (Lipinski definition) is 4. The first-order valence-electron chi connectivity index (χ1n) is 12.4. The van der Waals surface area contributed by atoms with E-state index in [1.165, 1.54) is 0 Å². The zero-order valence-corrected chi connectivity index (χ0v) is 20.7. The van der Waals surface area contributed by atoms with Crippen molar-refractivity contribution in [3.8, 4) is 6.07 Å². The van der Waals surface area contributed by atoms with Gasteiger partial charge in [0.2, 0.25) is 5.91 Å². The first-order valence-corrected chi connectivity index (χ1v) is 12.4. The second-order valence-corrected chi connectivity index (χ2v) is 10.3. The molecule has 2 aliphatic carbocycles. The summed E-state index contributed by atoms with van der Waals surface area (Å²) in [4.78, 5) is 27.8. The van der Waals surface area contributed by atoms with E-state index in [4.69, 9.17) is 5.26 Å². The van der Waals surface area contributed by atoms with Gasteiger partial charge in [-0.25, -0.2) is 0 Å². The monoisotopic (exact) mass is 453 g/mol. The predicted octanol–water partition coefficient (Wildman–Crippen LogP) is 3.98. The first kappa shape index (κ1) is 25.2. The van der Waals surface area contributed by atoms with Gasteiger partial charge in [0, 0.05) is 30.6 Å². The van der Waals surface area contributed by atoms with Crippen LogP contribution in [0.15, 0.2) is 24.3 Å². The molecule has 0 aromatic heterocycles. The van der Waals surface area contributed by atoms with Crippen molar-refractivity contribution in [2.24, 2.45) is 29.1 Å². The predicted molar refractivity (Wildman–Crippen MR) is 128 cm³/mol. The fraction of sp³-hybridized carbons (Fsp3) is 0.667. The van der Waals surface area contributed by atoms with Gasteiger partial charge in [-0.3, -0.25) is 9.59 Å². The third-order valence-corrected chi connectivity index (χ3v) is 8.59. The molecule has 1 aromatic rings. The van der Waals surface area contributed by atoms with Crippen LogP contribution in [0.3, 0.4) is 0 Å². The molecule has 2 N–H and O–H groups in total. The molecule has 3 rings (SSSR count). The molecule has 2 aliphatic rings. The van der Waals surface area contributed by atoms with Crippen molar-refractivity contribution in [3.63, 3.8) is 0 Å². The number of aliphatic hydroxyl groups is 1. The maximum Gasteiger partial charge on any atom is 0.251 e. The molecule has 0 spiro atoms. The van der Waals surface area contributed by atoms with Crippen LogP contribution in [0.2, 0.25) is 0 Å². The molecule has 7 atom stereocenters. The number of carbonyl (C=O) groups is 2. The lowest BCUT2D eigenvalue weighted by molar-refractivity contribution is -0.149. The van der Waals surface area contributed by atoms with Crippen LogP contribution >= 0.6 is 0 Å². The molecule has 33 heavy (non-hydrogen) atoms. The minimum Gasteiger partial charge on any atom is -0.392 e. The van der Waals surface area contributed by atoms with E-state index in [9.17, 15) is 14.7 Å². The van der Waals surface area contributed by atoms with E-state index in [0.29, 0.717) is 24.2 Å². The molecule has 2 saturated carbocycles. The fourth-order valence-electron chi connectivity index (χ4n) is 6.45. The Morgan fingerprint density at radius 3 is 2.39 bits per heavy atom. The Morgan fingerprint density at radius 2 is 1.82 bits per heavy atom. The molecule has 0 saturated heterocycles.